The maximum Gasteiger partial charge on any atom is 0.326 e. The summed E-state index contributed by atoms with van der Waals surface area (Å²) in [6, 6.07) is 5.24. The second-order valence-corrected chi connectivity index (χ2v) is 15.0. The van der Waals surface area contributed by atoms with Gasteiger partial charge in [0.1, 0.15) is 18.5 Å². The minimum atomic E-state index is -2.04. The number of aryl methyl sites for hydroxylation is 3. The van der Waals surface area contributed by atoms with E-state index in [0.29, 0.717) is 71.4 Å². The van der Waals surface area contributed by atoms with Crippen LogP contribution in [-0.4, -0.2) is 89.6 Å². The molecule has 0 radical (unpaired) electrons. The fraction of sp³-hybridized carbons (Fsp3) is 0.769. The first-order valence-corrected chi connectivity index (χ1v) is 17.1. The Kier molecular flexibility index (Phi) is 19.1. The third-order valence-electron chi connectivity index (χ3n) is 5.66. The van der Waals surface area contributed by atoms with Crippen molar-refractivity contribution in [3.8, 4) is 5.75 Å². The summed E-state index contributed by atoms with van der Waals surface area (Å²) >= 11 is 0. The van der Waals surface area contributed by atoms with E-state index in [1.807, 2.05) is 13.8 Å². The number of hydrogen-bond donors (Lipinski definition) is 0. The first-order chi connectivity index (χ1) is 17.4. The average Bonchev–Trinajstić information content (AvgIpc) is 2.84. The molecule has 0 aliphatic carbocycles. The molecule has 0 spiro atoms. The van der Waals surface area contributed by atoms with E-state index >= 15 is 0 Å². The summed E-state index contributed by atoms with van der Waals surface area (Å²) in [5.41, 5.74) is 3.43. The van der Waals surface area contributed by atoms with E-state index in [2.05, 4.69) is 19.1 Å². The zero-order valence-corrected chi connectivity index (χ0v) is 24.9. The predicted octanol–water partition coefficient (Wildman–Crippen LogP) is 4.18. The number of methoxy groups -OCH3 is 2. The van der Waals surface area contributed by atoms with Crippen LogP contribution in [0, 0.1) is 20.8 Å². The van der Waals surface area contributed by atoms with Crippen molar-refractivity contribution in [2.24, 2.45) is 0 Å². The fourth-order valence-electron chi connectivity index (χ4n) is 3.71. The Morgan fingerprint density at radius 3 is 1.92 bits per heavy atom. The molecule has 1 unspecified atom stereocenters. The van der Waals surface area contributed by atoms with Crippen molar-refractivity contribution < 1.29 is 37.3 Å². The van der Waals surface area contributed by atoms with Gasteiger partial charge in [-0.05, 0) is 63.2 Å². The first kappa shape index (κ1) is 32.9. The summed E-state index contributed by atoms with van der Waals surface area (Å²) in [5.74, 6) is 0.891. The largest absolute Gasteiger partial charge is 0.490 e. The van der Waals surface area contributed by atoms with Crippen molar-refractivity contribution in [1.29, 1.82) is 0 Å². The SMILES string of the molecule is COCCOCCOCCCCC[Si](=O)[Si](=O)CCCOCC(COc1c(C)cc(C)cc1C)OC. The topological polar surface area (TPSA) is 89.5 Å². The van der Waals surface area contributed by atoms with Gasteiger partial charge in [0.05, 0.1) is 33.0 Å². The molecule has 1 atom stereocenters. The molecule has 0 heterocycles. The molecule has 1 aromatic rings. The third kappa shape index (κ3) is 15.2. The van der Waals surface area contributed by atoms with Crippen LogP contribution in [0.4, 0.5) is 0 Å². The molecule has 36 heavy (non-hydrogen) atoms. The van der Waals surface area contributed by atoms with Crippen LogP contribution in [0.3, 0.4) is 0 Å². The molecular formula is C26H46O8Si2. The summed E-state index contributed by atoms with van der Waals surface area (Å²) in [6.07, 6.45) is 3.13. The van der Waals surface area contributed by atoms with Crippen LogP contribution >= 0.6 is 0 Å². The van der Waals surface area contributed by atoms with Gasteiger partial charge in [0.15, 0.2) is 0 Å². The average molecular weight is 543 g/mol. The van der Waals surface area contributed by atoms with Gasteiger partial charge in [0.2, 0.25) is 0 Å². The molecule has 0 aliphatic heterocycles. The summed E-state index contributed by atoms with van der Waals surface area (Å²) in [7, 11) is -0.768. The van der Waals surface area contributed by atoms with E-state index in [-0.39, 0.29) is 6.10 Å². The molecule has 0 N–H and O–H groups in total. The number of rotatable bonds is 23. The monoisotopic (exact) mass is 542 g/mol. The zero-order chi connectivity index (χ0) is 26.6. The van der Waals surface area contributed by atoms with Crippen LogP contribution in [0.1, 0.15) is 42.4 Å². The van der Waals surface area contributed by atoms with Gasteiger partial charge in [-0.2, -0.15) is 0 Å². The molecule has 10 heteroatoms. The Morgan fingerprint density at radius 1 is 0.694 bits per heavy atom. The van der Waals surface area contributed by atoms with E-state index in [4.69, 9.17) is 28.4 Å². The molecule has 206 valence electrons. The summed E-state index contributed by atoms with van der Waals surface area (Å²) < 4.78 is 57.5. The second kappa shape index (κ2) is 20.9. The quantitative estimate of drug-likeness (QED) is 0.150. The number of unbranched alkanes of at least 4 members (excludes halogenated alkanes) is 2. The second-order valence-electron chi connectivity index (χ2n) is 8.95. The van der Waals surface area contributed by atoms with E-state index in [0.717, 1.165) is 36.1 Å². The van der Waals surface area contributed by atoms with Crippen LogP contribution in [0.5, 0.6) is 5.75 Å². The van der Waals surface area contributed by atoms with Crippen LogP contribution in [0.15, 0.2) is 12.1 Å². The van der Waals surface area contributed by atoms with Crippen LogP contribution in [0.2, 0.25) is 12.1 Å². The van der Waals surface area contributed by atoms with Crippen molar-refractivity contribution in [3.63, 3.8) is 0 Å². The summed E-state index contributed by atoms with van der Waals surface area (Å²) in [4.78, 5) is 0. The fourth-order valence-corrected chi connectivity index (χ4v) is 8.04. The molecule has 0 aromatic heterocycles. The van der Waals surface area contributed by atoms with Gasteiger partial charge in [-0.1, -0.05) is 24.1 Å². The maximum atomic E-state index is 12.3. The maximum absolute atomic E-state index is 12.3. The van der Waals surface area contributed by atoms with Gasteiger partial charge >= 0.3 is 16.4 Å². The van der Waals surface area contributed by atoms with Gasteiger partial charge in [-0.25, -0.2) is 0 Å². The van der Waals surface area contributed by atoms with Gasteiger partial charge < -0.3 is 37.3 Å². The standard InChI is InChI=1S/C26H46O8Si2/c1-22-18-23(2)26(24(3)19-22)34-21-25(30-5)20-33-11-9-17-36(28)35(27)16-8-6-7-10-31-14-15-32-13-12-29-4/h18-19,25H,6-17,20-21H2,1-5H3. The minimum absolute atomic E-state index is 0.187. The number of benzene rings is 1. The Hall–Kier alpha value is -1.15. The van der Waals surface area contributed by atoms with E-state index in [1.54, 1.807) is 14.2 Å². The normalized spacial score (nSPS) is 12.0. The highest BCUT2D eigenvalue weighted by molar-refractivity contribution is 7.07. The molecule has 1 aromatic carbocycles. The van der Waals surface area contributed by atoms with E-state index in [1.165, 1.54) is 5.56 Å². The highest BCUT2D eigenvalue weighted by atomic mass is 29.2. The Labute approximate surface area is 220 Å². The molecule has 8 nitrogen and oxygen atoms in total. The van der Waals surface area contributed by atoms with Crippen molar-refractivity contribution >= 4 is 16.4 Å². The highest BCUT2D eigenvalue weighted by Gasteiger charge is 2.18. The molecule has 0 fully saturated rings. The molecule has 0 bridgehead atoms. The summed E-state index contributed by atoms with van der Waals surface area (Å²) in [6.45, 7) is 10.4. The smallest absolute Gasteiger partial charge is 0.326 e. The molecule has 0 aliphatic rings. The lowest BCUT2D eigenvalue weighted by atomic mass is 10.1. The van der Waals surface area contributed by atoms with Crippen molar-refractivity contribution in [2.75, 3.05) is 67.1 Å². The molecule has 0 saturated carbocycles. The van der Waals surface area contributed by atoms with Gasteiger partial charge in [-0.3, -0.25) is 0 Å². The molecule has 0 saturated heterocycles. The van der Waals surface area contributed by atoms with Crippen LogP contribution in [0.25, 0.3) is 0 Å². The van der Waals surface area contributed by atoms with E-state index in [9.17, 15) is 8.92 Å². The summed E-state index contributed by atoms with van der Waals surface area (Å²) in [5, 5.41) is 0. The van der Waals surface area contributed by atoms with Crippen molar-refractivity contribution in [1.82, 2.24) is 0 Å². The number of ether oxygens (including phenoxy) is 6. The lowest BCUT2D eigenvalue weighted by molar-refractivity contribution is -0.0144. The lowest BCUT2D eigenvalue weighted by Gasteiger charge is -2.19. The third-order valence-corrected chi connectivity index (χ3v) is 11.3. The molecule has 1 rings (SSSR count). The van der Waals surface area contributed by atoms with Gasteiger partial charge in [-0.15, -0.1) is 0 Å². The Bertz CT molecular complexity index is 736. The van der Waals surface area contributed by atoms with Crippen molar-refractivity contribution in [3.05, 3.63) is 28.8 Å². The minimum Gasteiger partial charge on any atom is -0.490 e. The van der Waals surface area contributed by atoms with Gasteiger partial charge in [0.25, 0.3) is 0 Å². The molecule has 0 amide bonds. The van der Waals surface area contributed by atoms with Gasteiger partial charge in [0, 0.05) is 27.4 Å². The Morgan fingerprint density at radius 2 is 1.28 bits per heavy atom. The van der Waals surface area contributed by atoms with E-state index < -0.39 is 16.4 Å². The van der Waals surface area contributed by atoms with Crippen LogP contribution in [-0.2, 0) is 32.6 Å². The van der Waals surface area contributed by atoms with Crippen molar-refractivity contribution in [2.45, 2.75) is 64.6 Å². The lowest BCUT2D eigenvalue weighted by Crippen LogP contribution is -2.26. The Balaban J connectivity index is 2.06. The number of hydrogen-bond acceptors (Lipinski definition) is 8. The zero-order valence-electron chi connectivity index (χ0n) is 22.9. The molecular weight excluding hydrogens is 496 g/mol. The van der Waals surface area contributed by atoms with Crippen LogP contribution < -0.4 is 4.74 Å². The first-order valence-electron chi connectivity index (χ1n) is 12.9. The predicted molar refractivity (Wildman–Crippen MR) is 142 cm³/mol. The highest BCUT2D eigenvalue weighted by Crippen LogP contribution is 2.24.